The van der Waals surface area contributed by atoms with Crippen LogP contribution in [0.1, 0.15) is 48.2 Å². The predicted octanol–water partition coefficient (Wildman–Crippen LogP) is 2.59. The van der Waals surface area contributed by atoms with E-state index in [1.165, 1.54) is 6.20 Å². The molecule has 4 fully saturated rings. The number of piperidine rings is 1. The van der Waals surface area contributed by atoms with Crippen LogP contribution in [0.4, 0.5) is 11.5 Å². The highest BCUT2D eigenvalue weighted by molar-refractivity contribution is 7.89. The number of nitrogens with one attached hydrogen (secondary N) is 2. The minimum atomic E-state index is -3.83. The van der Waals surface area contributed by atoms with Crippen molar-refractivity contribution in [2.45, 2.75) is 49.7 Å². The van der Waals surface area contributed by atoms with E-state index in [-0.39, 0.29) is 29.2 Å². The number of amidine groups is 2. The smallest absolute Gasteiger partial charge is 0.345 e. The topological polar surface area (TPSA) is 159 Å². The van der Waals surface area contributed by atoms with Crippen molar-refractivity contribution in [3.05, 3.63) is 59.5 Å². The van der Waals surface area contributed by atoms with Gasteiger partial charge in [-0.3, -0.25) is 14.7 Å². The van der Waals surface area contributed by atoms with Gasteiger partial charge in [0.2, 0.25) is 0 Å². The average molecular weight is 649 g/mol. The molecule has 0 bridgehead atoms. The molecular formula is C30H33ClN10O3S. The number of amides is 1. The number of hydrogen-bond donors (Lipinski definition) is 2. The van der Waals surface area contributed by atoms with Crippen LogP contribution in [-0.2, 0) is 10.2 Å². The Morgan fingerprint density at radius 2 is 1.98 bits per heavy atom. The van der Waals surface area contributed by atoms with E-state index in [1.807, 2.05) is 17.0 Å². The highest BCUT2D eigenvalue weighted by Gasteiger charge is 2.60. The number of aliphatic imine (C=N–C) groups is 1. The fraction of sp³-hybridized carbons (Fsp3) is 0.467. The summed E-state index contributed by atoms with van der Waals surface area (Å²) in [5.74, 6) is 1.32. The highest BCUT2D eigenvalue weighted by atomic mass is 35.5. The van der Waals surface area contributed by atoms with Crippen LogP contribution < -0.4 is 14.9 Å². The second kappa shape index (κ2) is 11.4. The van der Waals surface area contributed by atoms with Crippen LogP contribution in [0.15, 0.2) is 52.6 Å². The van der Waals surface area contributed by atoms with Gasteiger partial charge in [0.15, 0.2) is 11.7 Å². The lowest BCUT2D eigenvalue weighted by Gasteiger charge is -2.49. The zero-order valence-electron chi connectivity index (χ0n) is 24.6. The number of piperazine rings is 1. The van der Waals surface area contributed by atoms with Crippen LogP contribution in [0.25, 0.3) is 0 Å². The Labute approximate surface area is 266 Å². The molecule has 2 aliphatic carbocycles. The molecule has 2 atom stereocenters. The summed E-state index contributed by atoms with van der Waals surface area (Å²) in [5, 5.41) is 12.5. The molecule has 0 aromatic carbocycles. The van der Waals surface area contributed by atoms with Gasteiger partial charge in [0, 0.05) is 50.5 Å². The van der Waals surface area contributed by atoms with Gasteiger partial charge in [-0.15, -0.1) is 11.0 Å². The lowest BCUT2D eigenvalue weighted by molar-refractivity contribution is 0.0412. The van der Waals surface area contributed by atoms with Crippen molar-refractivity contribution in [3.63, 3.8) is 0 Å². The minimum Gasteiger partial charge on any atom is -0.352 e. The molecule has 15 heteroatoms. The van der Waals surface area contributed by atoms with Gasteiger partial charge >= 0.3 is 10.2 Å². The lowest BCUT2D eigenvalue weighted by atomic mass is 9.96. The molecule has 2 N–H and O–H groups in total. The van der Waals surface area contributed by atoms with E-state index in [9.17, 15) is 13.2 Å². The first kappa shape index (κ1) is 29.6. The first-order valence-corrected chi connectivity index (χ1v) is 16.9. The van der Waals surface area contributed by atoms with Gasteiger partial charge in [0.05, 0.1) is 28.5 Å². The molecule has 5 heterocycles. The van der Waals surface area contributed by atoms with Crippen molar-refractivity contribution in [2.75, 3.05) is 42.9 Å². The van der Waals surface area contributed by atoms with Crippen molar-refractivity contribution in [1.29, 1.82) is 5.26 Å². The second-order valence-electron chi connectivity index (χ2n) is 12.2. The Bertz CT molecular complexity index is 1750. The fourth-order valence-electron chi connectivity index (χ4n) is 6.75. The van der Waals surface area contributed by atoms with Crippen LogP contribution in [0.2, 0.25) is 5.02 Å². The Morgan fingerprint density at radius 1 is 1.18 bits per heavy atom. The molecule has 3 aliphatic heterocycles. The third kappa shape index (κ3) is 5.87. The summed E-state index contributed by atoms with van der Waals surface area (Å²) < 4.78 is 30.2. The molecule has 1 spiro atoms. The van der Waals surface area contributed by atoms with Crippen molar-refractivity contribution in [2.24, 2.45) is 15.3 Å². The van der Waals surface area contributed by atoms with E-state index < -0.39 is 10.2 Å². The molecular weight excluding hydrogens is 616 g/mol. The number of carbonyl (C=O) groups is 1. The summed E-state index contributed by atoms with van der Waals surface area (Å²) in [6.45, 7) is 7.76. The van der Waals surface area contributed by atoms with Crippen molar-refractivity contribution < 1.29 is 13.2 Å². The maximum Gasteiger partial charge on any atom is 0.345 e. The Kier molecular flexibility index (Phi) is 7.50. The molecule has 2 aromatic rings. The molecule has 5 aliphatic rings. The van der Waals surface area contributed by atoms with Crippen LogP contribution in [0.3, 0.4) is 0 Å². The number of nitriles is 1. The van der Waals surface area contributed by atoms with Gasteiger partial charge in [-0.2, -0.15) is 13.7 Å². The molecule has 2 saturated carbocycles. The number of anilines is 2. The molecule has 2 aromatic heterocycles. The first-order chi connectivity index (χ1) is 21.7. The van der Waals surface area contributed by atoms with E-state index in [0.717, 1.165) is 51.7 Å². The number of likely N-dealkylation sites (tertiary alicyclic amines) is 1. The third-order valence-corrected chi connectivity index (χ3v) is 10.4. The molecule has 45 heavy (non-hydrogen) atoms. The minimum absolute atomic E-state index is 0.0525. The van der Waals surface area contributed by atoms with E-state index in [4.69, 9.17) is 16.9 Å². The second-order valence-corrected chi connectivity index (χ2v) is 14.0. The summed E-state index contributed by atoms with van der Waals surface area (Å²) >= 11 is 6.78. The number of aromatic nitrogens is 2. The van der Waals surface area contributed by atoms with E-state index in [2.05, 4.69) is 45.8 Å². The van der Waals surface area contributed by atoms with E-state index in [1.54, 1.807) is 24.4 Å². The van der Waals surface area contributed by atoms with Crippen molar-refractivity contribution >= 4 is 50.9 Å². The molecule has 234 valence electrons. The Hall–Kier alpha value is -4.06. The van der Waals surface area contributed by atoms with E-state index >= 15 is 0 Å². The van der Waals surface area contributed by atoms with Crippen molar-refractivity contribution in [1.82, 2.24) is 24.5 Å². The summed E-state index contributed by atoms with van der Waals surface area (Å²) in [7, 11) is -3.83. The standard InChI is InChI=1S/C30H33ClN10O3S/c1-2-20-14-30(20)18-40(11-12-41(30)24-7-9-39(10-8-24)29(42)19-3-4-22(15-32)33-16-19)28-25(31)13-23(17-34-28)36-27-26(35-21-5-6-21)37-45(43,44)38-27/h2-4,13,16-17,20-21,24H,1,5-12,14,18H2,(H,35,37)(H,36,38)/t20-,30?/m1/s1. The summed E-state index contributed by atoms with van der Waals surface area (Å²) in [6, 6.07) is 7.43. The van der Waals surface area contributed by atoms with Gasteiger partial charge in [-0.25, -0.2) is 14.7 Å². The maximum absolute atomic E-state index is 13.1. The fourth-order valence-corrected chi connectivity index (χ4v) is 7.84. The number of pyridine rings is 2. The number of hydrogen-bond acceptors (Lipinski definition) is 10. The Balaban J connectivity index is 1.01. The zero-order valence-corrected chi connectivity index (χ0v) is 26.1. The molecule has 1 unspecified atom stereocenters. The van der Waals surface area contributed by atoms with E-state index in [0.29, 0.717) is 52.8 Å². The predicted molar refractivity (Wildman–Crippen MR) is 171 cm³/mol. The summed E-state index contributed by atoms with van der Waals surface area (Å²) in [5.41, 5.74) is 1.25. The monoisotopic (exact) mass is 648 g/mol. The van der Waals surface area contributed by atoms with Crippen LogP contribution >= 0.6 is 11.6 Å². The molecule has 7 rings (SSSR count). The molecule has 0 radical (unpaired) electrons. The van der Waals surface area contributed by atoms with Gasteiger partial charge in [0.25, 0.3) is 5.91 Å². The third-order valence-electron chi connectivity index (χ3n) is 9.26. The van der Waals surface area contributed by atoms with Crippen LogP contribution in [-0.4, -0.2) is 96.1 Å². The first-order valence-electron chi connectivity index (χ1n) is 15.1. The molecule has 1 amide bonds. The van der Waals surface area contributed by atoms with Gasteiger partial charge < -0.3 is 15.1 Å². The van der Waals surface area contributed by atoms with Crippen LogP contribution in [0.5, 0.6) is 0 Å². The van der Waals surface area contributed by atoms with Gasteiger partial charge in [0.1, 0.15) is 17.6 Å². The number of halogens is 1. The normalized spacial score (nSPS) is 27.2. The highest BCUT2D eigenvalue weighted by Crippen LogP contribution is 2.53. The molecule has 2 saturated heterocycles. The SMILES string of the molecule is C=C[C@@H]1CC12CN(c1ncc(NC3=NS(=O)(=O)NC3=NC3CC3)cc1Cl)CCN2C1CCN(C(=O)c2ccc(C#N)nc2)CC1. The largest absolute Gasteiger partial charge is 0.352 e. The number of nitrogens with zero attached hydrogens (tertiary/aromatic N) is 8. The van der Waals surface area contributed by atoms with Gasteiger partial charge in [-0.1, -0.05) is 17.7 Å². The average Bonchev–Trinajstić information content (AvgIpc) is 3.96. The Morgan fingerprint density at radius 3 is 2.62 bits per heavy atom. The van der Waals surface area contributed by atoms with Crippen molar-refractivity contribution in [3.8, 4) is 6.07 Å². The number of carbonyl (C=O) groups excluding carboxylic acids is 1. The lowest BCUT2D eigenvalue weighted by Crippen LogP contribution is -2.61. The quantitative estimate of drug-likeness (QED) is 0.449. The maximum atomic E-state index is 13.1. The number of rotatable bonds is 6. The zero-order chi connectivity index (χ0) is 31.3. The van der Waals surface area contributed by atoms with Gasteiger partial charge in [-0.05, 0) is 56.2 Å². The summed E-state index contributed by atoms with van der Waals surface area (Å²) in [6.07, 6.45) is 9.77. The van der Waals surface area contributed by atoms with Crippen LogP contribution in [0, 0.1) is 17.2 Å². The molecule has 13 nitrogen and oxygen atoms in total. The summed E-state index contributed by atoms with van der Waals surface area (Å²) in [4.78, 5) is 32.9.